The van der Waals surface area contributed by atoms with E-state index in [0.717, 1.165) is 51.9 Å². The van der Waals surface area contributed by atoms with E-state index in [-0.39, 0.29) is 5.91 Å². The Hall–Kier alpha value is -3.08. The number of hydrogen-bond acceptors (Lipinski definition) is 8. The van der Waals surface area contributed by atoms with Crippen molar-refractivity contribution < 1.29 is 9.90 Å². The molecule has 9 nitrogen and oxygen atoms in total. The maximum absolute atomic E-state index is 12.0. The first-order chi connectivity index (χ1) is 15.4. The largest absolute Gasteiger partial charge is 0.384 e. The highest BCUT2D eigenvalue weighted by molar-refractivity contribution is 7.19. The maximum atomic E-state index is 12.0. The van der Waals surface area contributed by atoms with E-state index in [4.69, 9.17) is 10.7 Å². The van der Waals surface area contributed by atoms with Crippen LogP contribution in [0.2, 0.25) is 0 Å². The number of thiophene rings is 1. The average Bonchev–Trinajstić information content (AvgIpc) is 3.39. The van der Waals surface area contributed by atoms with Gasteiger partial charge in [-0.05, 0) is 25.5 Å². The van der Waals surface area contributed by atoms with Crippen LogP contribution in [0.25, 0.3) is 32.5 Å². The number of piperazine rings is 1. The fraction of sp³-hybridized carbons (Fsp3) is 0.364. The third-order valence-corrected chi connectivity index (χ3v) is 7.31. The SMILES string of the molecule is Cc1c(CN2CCN(C(=O)[C@H](C)O)CC2)sc2c(N)nc(-c3cccc4[nH]ncc34)nc12. The molecule has 1 saturated heterocycles. The van der Waals surface area contributed by atoms with Crippen LogP contribution in [-0.2, 0) is 11.3 Å². The Morgan fingerprint density at radius 3 is 2.81 bits per heavy atom. The molecule has 0 radical (unpaired) electrons. The van der Waals surface area contributed by atoms with Crippen molar-refractivity contribution in [3.05, 3.63) is 34.8 Å². The van der Waals surface area contributed by atoms with Gasteiger partial charge in [0, 0.05) is 48.6 Å². The minimum Gasteiger partial charge on any atom is -0.384 e. The van der Waals surface area contributed by atoms with Crippen molar-refractivity contribution in [3.63, 3.8) is 0 Å². The van der Waals surface area contributed by atoms with Gasteiger partial charge in [-0.2, -0.15) is 5.10 Å². The second-order valence-electron chi connectivity index (χ2n) is 8.17. The average molecular weight is 452 g/mol. The number of carbonyl (C=O) groups is 1. The number of benzene rings is 1. The number of hydrogen-bond donors (Lipinski definition) is 3. The van der Waals surface area contributed by atoms with Crippen LogP contribution in [-0.4, -0.2) is 73.3 Å². The molecular weight excluding hydrogens is 426 g/mol. The van der Waals surface area contributed by atoms with Crippen LogP contribution in [0.3, 0.4) is 0 Å². The molecule has 1 fully saturated rings. The van der Waals surface area contributed by atoms with E-state index in [2.05, 4.69) is 27.0 Å². The van der Waals surface area contributed by atoms with Crippen LogP contribution < -0.4 is 5.73 Å². The van der Waals surface area contributed by atoms with Gasteiger partial charge in [-0.15, -0.1) is 11.3 Å². The topological polar surface area (TPSA) is 124 Å². The summed E-state index contributed by atoms with van der Waals surface area (Å²) >= 11 is 1.63. The number of aromatic amines is 1. The molecule has 0 bridgehead atoms. The molecule has 1 aliphatic rings. The summed E-state index contributed by atoms with van der Waals surface area (Å²) in [5.41, 5.74) is 10.2. The van der Waals surface area contributed by atoms with Crippen molar-refractivity contribution in [2.24, 2.45) is 0 Å². The zero-order valence-corrected chi connectivity index (χ0v) is 18.8. The Labute approximate surface area is 188 Å². The van der Waals surface area contributed by atoms with Gasteiger partial charge >= 0.3 is 0 Å². The van der Waals surface area contributed by atoms with E-state index in [0.29, 0.717) is 24.7 Å². The lowest BCUT2D eigenvalue weighted by molar-refractivity contribution is -0.141. The first-order valence-electron chi connectivity index (χ1n) is 10.6. The van der Waals surface area contributed by atoms with Gasteiger partial charge in [0.1, 0.15) is 11.9 Å². The third-order valence-electron chi connectivity index (χ3n) is 6.02. The summed E-state index contributed by atoms with van der Waals surface area (Å²) in [5, 5.41) is 17.6. The lowest BCUT2D eigenvalue weighted by Gasteiger charge is -2.35. The standard InChI is InChI=1S/C22H25N7O2S/c1-12-17(11-28-6-8-29(9-7-28)22(31)13(2)30)32-19-18(12)25-21(26-20(19)23)14-4-3-5-16-15(14)10-24-27-16/h3-5,10,13,30H,6-9,11H2,1-2H3,(H,24,27)(H2,23,25,26)/t13-/m0/s1. The number of nitrogens with two attached hydrogens (primary N) is 1. The van der Waals surface area contributed by atoms with Gasteiger partial charge in [0.15, 0.2) is 5.82 Å². The highest BCUT2D eigenvalue weighted by Crippen LogP contribution is 2.36. The van der Waals surface area contributed by atoms with Gasteiger partial charge in [-0.1, -0.05) is 12.1 Å². The highest BCUT2D eigenvalue weighted by Gasteiger charge is 2.25. The van der Waals surface area contributed by atoms with E-state index in [1.54, 1.807) is 22.4 Å². The Morgan fingerprint density at radius 2 is 2.06 bits per heavy atom. The van der Waals surface area contributed by atoms with Crippen molar-refractivity contribution in [1.82, 2.24) is 30.0 Å². The second kappa shape index (κ2) is 8.12. The van der Waals surface area contributed by atoms with E-state index in [1.807, 2.05) is 18.2 Å². The summed E-state index contributed by atoms with van der Waals surface area (Å²) in [7, 11) is 0. The fourth-order valence-electron chi connectivity index (χ4n) is 4.18. The van der Waals surface area contributed by atoms with Crippen LogP contribution in [0.15, 0.2) is 24.4 Å². The van der Waals surface area contributed by atoms with Gasteiger partial charge in [0.05, 0.1) is 21.9 Å². The molecule has 0 spiro atoms. The number of aliphatic hydroxyl groups excluding tert-OH is 1. The molecule has 166 valence electrons. The predicted molar refractivity (Wildman–Crippen MR) is 125 cm³/mol. The van der Waals surface area contributed by atoms with Crippen molar-refractivity contribution in [3.8, 4) is 11.4 Å². The van der Waals surface area contributed by atoms with Crippen molar-refractivity contribution in [1.29, 1.82) is 0 Å². The molecule has 0 unspecified atom stereocenters. The minimum absolute atomic E-state index is 0.203. The zero-order chi connectivity index (χ0) is 22.4. The number of amides is 1. The number of rotatable bonds is 4. The lowest BCUT2D eigenvalue weighted by atomic mass is 10.1. The number of H-pyrrole nitrogens is 1. The highest BCUT2D eigenvalue weighted by atomic mass is 32.1. The molecule has 0 aliphatic carbocycles. The molecular formula is C22H25N7O2S. The molecule has 0 saturated carbocycles. The number of carbonyl (C=O) groups excluding carboxylic acids is 1. The molecule has 3 aromatic heterocycles. The second-order valence-corrected chi connectivity index (χ2v) is 9.28. The number of aliphatic hydroxyl groups is 1. The monoisotopic (exact) mass is 451 g/mol. The summed E-state index contributed by atoms with van der Waals surface area (Å²) in [5.74, 6) is 0.878. The zero-order valence-electron chi connectivity index (χ0n) is 18.0. The Bertz CT molecular complexity index is 1300. The summed E-state index contributed by atoms with van der Waals surface area (Å²) in [6.45, 7) is 7.14. The fourth-order valence-corrected chi connectivity index (χ4v) is 5.37. The number of anilines is 1. The van der Waals surface area contributed by atoms with Gasteiger partial charge in [-0.3, -0.25) is 14.8 Å². The summed E-state index contributed by atoms with van der Waals surface area (Å²) in [6.07, 6.45) is 0.831. The van der Waals surface area contributed by atoms with E-state index in [1.165, 1.54) is 11.8 Å². The Balaban J connectivity index is 1.42. The molecule has 1 aliphatic heterocycles. The quantitative estimate of drug-likeness (QED) is 0.434. The van der Waals surface area contributed by atoms with Crippen LogP contribution in [0.1, 0.15) is 17.4 Å². The van der Waals surface area contributed by atoms with Crippen LogP contribution in [0.5, 0.6) is 0 Å². The molecule has 5 rings (SSSR count). The van der Waals surface area contributed by atoms with Crippen LogP contribution in [0.4, 0.5) is 5.82 Å². The summed E-state index contributed by atoms with van der Waals surface area (Å²) < 4.78 is 0.906. The van der Waals surface area contributed by atoms with Gasteiger partial charge < -0.3 is 15.7 Å². The molecule has 4 heterocycles. The van der Waals surface area contributed by atoms with E-state index >= 15 is 0 Å². The number of nitrogens with zero attached hydrogens (tertiary/aromatic N) is 5. The molecule has 4 aromatic rings. The number of aryl methyl sites for hydroxylation is 1. The number of aromatic nitrogens is 4. The molecule has 32 heavy (non-hydrogen) atoms. The summed E-state index contributed by atoms with van der Waals surface area (Å²) in [6, 6.07) is 5.90. The molecule has 4 N–H and O–H groups in total. The first-order valence-corrected chi connectivity index (χ1v) is 11.4. The molecule has 1 amide bonds. The van der Waals surface area contributed by atoms with Crippen molar-refractivity contribution in [2.45, 2.75) is 26.5 Å². The van der Waals surface area contributed by atoms with E-state index in [9.17, 15) is 9.90 Å². The lowest BCUT2D eigenvalue weighted by Crippen LogP contribution is -2.50. The van der Waals surface area contributed by atoms with Crippen LogP contribution in [0, 0.1) is 6.92 Å². The van der Waals surface area contributed by atoms with Crippen LogP contribution >= 0.6 is 11.3 Å². The third kappa shape index (κ3) is 3.60. The summed E-state index contributed by atoms with van der Waals surface area (Å²) in [4.78, 5) is 26.7. The molecule has 1 aromatic carbocycles. The van der Waals surface area contributed by atoms with Crippen molar-refractivity contribution >= 4 is 44.2 Å². The predicted octanol–water partition coefficient (Wildman–Crippen LogP) is 2.15. The van der Waals surface area contributed by atoms with Gasteiger partial charge in [0.2, 0.25) is 0 Å². The smallest absolute Gasteiger partial charge is 0.251 e. The van der Waals surface area contributed by atoms with Gasteiger partial charge in [-0.25, -0.2) is 9.97 Å². The number of nitrogen functional groups attached to an aromatic ring is 1. The number of fused-ring (bicyclic) bond motifs is 2. The number of nitrogens with one attached hydrogen (secondary N) is 1. The molecule has 10 heteroatoms. The van der Waals surface area contributed by atoms with E-state index < -0.39 is 6.10 Å². The molecule has 1 atom stereocenters. The first kappa shape index (κ1) is 20.8. The Kier molecular flexibility index (Phi) is 5.28. The Morgan fingerprint density at radius 1 is 1.28 bits per heavy atom. The van der Waals surface area contributed by atoms with Crippen molar-refractivity contribution in [2.75, 3.05) is 31.9 Å². The van der Waals surface area contributed by atoms with Gasteiger partial charge in [0.25, 0.3) is 5.91 Å². The maximum Gasteiger partial charge on any atom is 0.251 e. The minimum atomic E-state index is -0.949. The normalized spacial score (nSPS) is 16.2.